The van der Waals surface area contributed by atoms with Crippen molar-refractivity contribution in [3.8, 4) is 0 Å². The van der Waals surface area contributed by atoms with Gasteiger partial charge in [0.25, 0.3) is 0 Å². The molecule has 8 heteroatoms. The van der Waals surface area contributed by atoms with Crippen molar-refractivity contribution in [3.63, 3.8) is 0 Å². The van der Waals surface area contributed by atoms with Crippen LogP contribution in [-0.2, 0) is 20.0 Å². The molecule has 0 aliphatic rings. The Morgan fingerprint density at radius 2 is 2.25 bits per heavy atom. The maximum absolute atomic E-state index is 5.90. The first kappa shape index (κ1) is 12.9. The first-order valence-electron chi connectivity index (χ1n) is 6.29. The van der Waals surface area contributed by atoms with Gasteiger partial charge in [0, 0.05) is 25.4 Å². The molecule has 3 aromatic rings. The number of aryl methyl sites for hydroxylation is 2. The molecule has 0 atom stereocenters. The fraction of sp³-hybridized carbons (Fsp3) is 0.333. The minimum atomic E-state index is 0.186. The lowest BCUT2D eigenvalue weighted by molar-refractivity contribution is 0.746. The zero-order valence-corrected chi connectivity index (χ0v) is 11.9. The molecule has 3 aromatic heterocycles. The first-order valence-corrected chi connectivity index (χ1v) is 6.67. The third-order valence-corrected chi connectivity index (χ3v) is 3.22. The molecule has 0 fully saturated rings. The number of aromatic amines is 1. The van der Waals surface area contributed by atoms with Gasteiger partial charge in [-0.15, -0.1) is 0 Å². The summed E-state index contributed by atoms with van der Waals surface area (Å²) < 4.78 is 1.82. The summed E-state index contributed by atoms with van der Waals surface area (Å²) in [5.74, 6) is 0.666. The Morgan fingerprint density at radius 3 is 3.05 bits per heavy atom. The summed E-state index contributed by atoms with van der Waals surface area (Å²) in [5.41, 5.74) is 2.83. The van der Waals surface area contributed by atoms with Crippen LogP contribution in [0.5, 0.6) is 0 Å². The van der Waals surface area contributed by atoms with Crippen molar-refractivity contribution < 1.29 is 0 Å². The van der Waals surface area contributed by atoms with Gasteiger partial charge in [-0.2, -0.15) is 20.2 Å². The molecule has 3 rings (SSSR count). The van der Waals surface area contributed by atoms with E-state index in [2.05, 4.69) is 37.5 Å². The van der Waals surface area contributed by atoms with Crippen LogP contribution in [-0.4, -0.2) is 29.9 Å². The molecule has 0 saturated heterocycles. The molecule has 0 unspecified atom stereocenters. The number of nitrogens with zero attached hydrogens (tertiary/aromatic N) is 5. The topological polar surface area (TPSA) is 84.3 Å². The zero-order valence-electron chi connectivity index (χ0n) is 11.2. The number of aromatic nitrogens is 6. The van der Waals surface area contributed by atoms with E-state index >= 15 is 0 Å². The van der Waals surface area contributed by atoms with Crippen LogP contribution in [0, 0.1) is 0 Å². The van der Waals surface area contributed by atoms with E-state index in [1.165, 1.54) is 0 Å². The third-order valence-electron chi connectivity index (χ3n) is 3.06. The summed E-state index contributed by atoms with van der Waals surface area (Å²) in [6.07, 6.45) is 4.57. The van der Waals surface area contributed by atoms with Crippen molar-refractivity contribution in [2.24, 2.45) is 7.05 Å². The second-order valence-electron chi connectivity index (χ2n) is 4.46. The SMILES string of the molecule is CCc1nn(C)cc1CNc1nc(Cl)nc2[nH]ncc12. The molecule has 0 bridgehead atoms. The Hall–Kier alpha value is -2.15. The number of nitrogens with one attached hydrogen (secondary N) is 2. The van der Waals surface area contributed by atoms with E-state index in [-0.39, 0.29) is 5.28 Å². The molecule has 0 radical (unpaired) electrons. The zero-order chi connectivity index (χ0) is 14.1. The minimum absolute atomic E-state index is 0.186. The van der Waals surface area contributed by atoms with Crippen molar-refractivity contribution in [2.45, 2.75) is 19.9 Å². The number of anilines is 1. The van der Waals surface area contributed by atoms with Gasteiger partial charge in [-0.25, -0.2) is 0 Å². The number of rotatable bonds is 4. The van der Waals surface area contributed by atoms with Crippen LogP contribution in [0.15, 0.2) is 12.4 Å². The number of hydrogen-bond acceptors (Lipinski definition) is 5. The molecule has 2 N–H and O–H groups in total. The van der Waals surface area contributed by atoms with Crippen LogP contribution < -0.4 is 5.32 Å². The Balaban J connectivity index is 1.88. The average Bonchev–Trinajstić information content (AvgIpc) is 3.01. The lowest BCUT2D eigenvalue weighted by Gasteiger charge is -2.06. The number of fused-ring (bicyclic) bond motifs is 1. The second-order valence-corrected chi connectivity index (χ2v) is 4.79. The molecule has 20 heavy (non-hydrogen) atoms. The molecule has 0 spiro atoms. The highest BCUT2D eigenvalue weighted by Crippen LogP contribution is 2.21. The molecule has 0 amide bonds. The fourth-order valence-corrected chi connectivity index (χ4v) is 2.32. The van der Waals surface area contributed by atoms with Gasteiger partial charge < -0.3 is 5.32 Å². The highest BCUT2D eigenvalue weighted by Gasteiger charge is 2.10. The fourth-order valence-electron chi connectivity index (χ4n) is 2.15. The Bertz CT molecular complexity index is 745. The summed E-state index contributed by atoms with van der Waals surface area (Å²) in [5, 5.41) is 15.4. The van der Waals surface area contributed by atoms with E-state index < -0.39 is 0 Å². The van der Waals surface area contributed by atoms with Gasteiger partial charge in [-0.3, -0.25) is 9.78 Å². The summed E-state index contributed by atoms with van der Waals surface area (Å²) in [7, 11) is 1.92. The molecular formula is C12H14ClN7. The molecular weight excluding hydrogens is 278 g/mol. The molecule has 7 nitrogen and oxygen atoms in total. The van der Waals surface area contributed by atoms with Crippen molar-refractivity contribution in [1.82, 2.24) is 29.9 Å². The van der Waals surface area contributed by atoms with E-state index in [0.717, 1.165) is 23.1 Å². The van der Waals surface area contributed by atoms with Crippen LogP contribution >= 0.6 is 11.6 Å². The van der Waals surface area contributed by atoms with E-state index in [0.29, 0.717) is 18.0 Å². The summed E-state index contributed by atoms with van der Waals surface area (Å²) in [6.45, 7) is 2.71. The average molecular weight is 292 g/mol. The quantitative estimate of drug-likeness (QED) is 0.717. The van der Waals surface area contributed by atoms with Gasteiger partial charge in [0.05, 0.1) is 17.3 Å². The largest absolute Gasteiger partial charge is 0.365 e. The Labute approximate surface area is 120 Å². The Kier molecular flexibility index (Phi) is 3.27. The normalized spacial score (nSPS) is 11.2. The van der Waals surface area contributed by atoms with Crippen LogP contribution in [0.2, 0.25) is 5.28 Å². The van der Waals surface area contributed by atoms with Crippen LogP contribution in [0.3, 0.4) is 0 Å². The monoisotopic (exact) mass is 291 g/mol. The Morgan fingerprint density at radius 1 is 1.40 bits per heavy atom. The van der Waals surface area contributed by atoms with Gasteiger partial charge in [-0.1, -0.05) is 6.92 Å². The summed E-state index contributed by atoms with van der Waals surface area (Å²) in [4.78, 5) is 8.28. The van der Waals surface area contributed by atoms with Crippen molar-refractivity contribution in [2.75, 3.05) is 5.32 Å². The maximum atomic E-state index is 5.90. The minimum Gasteiger partial charge on any atom is -0.365 e. The summed E-state index contributed by atoms with van der Waals surface area (Å²) >= 11 is 5.90. The molecule has 0 aliphatic heterocycles. The summed E-state index contributed by atoms with van der Waals surface area (Å²) in [6, 6.07) is 0. The molecule has 104 valence electrons. The third kappa shape index (κ3) is 2.32. The van der Waals surface area contributed by atoms with E-state index in [1.807, 2.05) is 17.9 Å². The van der Waals surface area contributed by atoms with Crippen molar-refractivity contribution >= 4 is 28.5 Å². The van der Waals surface area contributed by atoms with E-state index in [4.69, 9.17) is 11.6 Å². The number of H-pyrrole nitrogens is 1. The predicted octanol–water partition coefficient (Wildman–Crippen LogP) is 1.91. The van der Waals surface area contributed by atoms with Gasteiger partial charge in [0.1, 0.15) is 5.82 Å². The standard InChI is InChI=1S/C12H14ClN7/c1-3-9-7(6-20(2)19-9)4-14-10-8-5-15-18-11(8)17-12(13)16-10/h5-6H,3-4H2,1-2H3,(H2,14,15,16,17,18). The number of halogens is 1. The van der Waals surface area contributed by atoms with Crippen LogP contribution in [0.1, 0.15) is 18.2 Å². The van der Waals surface area contributed by atoms with E-state index in [9.17, 15) is 0 Å². The van der Waals surface area contributed by atoms with Crippen molar-refractivity contribution in [3.05, 3.63) is 28.9 Å². The molecule has 0 saturated carbocycles. The van der Waals surface area contributed by atoms with Gasteiger partial charge in [-0.05, 0) is 18.0 Å². The molecule has 0 aliphatic carbocycles. The van der Waals surface area contributed by atoms with Crippen LogP contribution in [0.25, 0.3) is 11.0 Å². The highest BCUT2D eigenvalue weighted by molar-refractivity contribution is 6.28. The highest BCUT2D eigenvalue weighted by atomic mass is 35.5. The maximum Gasteiger partial charge on any atom is 0.226 e. The van der Waals surface area contributed by atoms with Crippen LogP contribution in [0.4, 0.5) is 5.82 Å². The molecule has 0 aromatic carbocycles. The lowest BCUT2D eigenvalue weighted by Crippen LogP contribution is -2.04. The lowest BCUT2D eigenvalue weighted by atomic mass is 10.2. The smallest absolute Gasteiger partial charge is 0.226 e. The van der Waals surface area contributed by atoms with Gasteiger partial charge in [0.2, 0.25) is 5.28 Å². The van der Waals surface area contributed by atoms with E-state index in [1.54, 1.807) is 6.20 Å². The predicted molar refractivity (Wildman–Crippen MR) is 76.6 cm³/mol. The second kappa shape index (κ2) is 5.09. The van der Waals surface area contributed by atoms with Gasteiger partial charge >= 0.3 is 0 Å². The first-order chi connectivity index (χ1) is 9.67. The van der Waals surface area contributed by atoms with Crippen molar-refractivity contribution in [1.29, 1.82) is 0 Å². The molecule has 3 heterocycles. The van der Waals surface area contributed by atoms with Gasteiger partial charge in [0.15, 0.2) is 5.65 Å². The number of hydrogen-bond donors (Lipinski definition) is 2.